The molecule has 1 N–H and O–H groups in total. The van der Waals surface area contributed by atoms with E-state index in [1.165, 1.54) is 10.0 Å². The fourth-order valence-electron chi connectivity index (χ4n) is 1.92. The van der Waals surface area contributed by atoms with E-state index in [-0.39, 0.29) is 15.0 Å². The van der Waals surface area contributed by atoms with Crippen LogP contribution in [0.4, 0.5) is 0 Å². The molecule has 22 heavy (non-hydrogen) atoms. The summed E-state index contributed by atoms with van der Waals surface area (Å²) in [7, 11) is 1.70. The Morgan fingerprint density at radius 2 is 1.77 bits per heavy atom. The predicted molar refractivity (Wildman–Crippen MR) is 90.2 cm³/mol. The van der Waals surface area contributed by atoms with Crippen molar-refractivity contribution in [2.45, 2.75) is 17.8 Å². The van der Waals surface area contributed by atoms with Gasteiger partial charge in [0.25, 0.3) is 0 Å². The van der Waals surface area contributed by atoms with E-state index < -0.39 is 6.10 Å². The van der Waals surface area contributed by atoms with Crippen LogP contribution in [0.1, 0.15) is 5.56 Å². The second-order valence-corrected chi connectivity index (χ2v) is 7.27. The van der Waals surface area contributed by atoms with Gasteiger partial charge in [-0.1, -0.05) is 0 Å². The molecule has 3 nitrogen and oxygen atoms in total. The van der Waals surface area contributed by atoms with Crippen LogP contribution in [0.3, 0.4) is 0 Å². The van der Waals surface area contributed by atoms with Crippen LogP contribution in [0, 0.1) is 0 Å². The first-order valence-corrected chi connectivity index (χ1v) is 9.41. The maximum atomic E-state index is 10.0. The number of hydrogen-bond acceptors (Lipinski definition) is 3. The third-order valence-electron chi connectivity index (χ3n) is 3.15. The Morgan fingerprint density at radius 1 is 1.05 bits per heavy atom. The van der Waals surface area contributed by atoms with Gasteiger partial charge in [0.05, 0.1) is 0 Å². The molecular weight excluding hydrogens is 343 g/mol. The molecule has 118 valence electrons. The van der Waals surface area contributed by atoms with Crippen molar-refractivity contribution in [1.82, 2.24) is 0 Å². The average molecular weight is 365 g/mol. The molecule has 2 aromatic rings. The molecule has 0 radical (unpaired) electrons. The summed E-state index contributed by atoms with van der Waals surface area (Å²) in [5.41, 5.74) is 1.22. The fourth-order valence-corrected chi connectivity index (χ4v) is 3.66. The fraction of sp³-hybridized carbons (Fsp3) is 0.333. The van der Waals surface area contributed by atoms with Gasteiger partial charge in [0.1, 0.15) is 0 Å². The van der Waals surface area contributed by atoms with Gasteiger partial charge in [-0.25, -0.2) is 0 Å². The first-order chi connectivity index (χ1) is 10.8. The van der Waals surface area contributed by atoms with Crippen molar-refractivity contribution < 1.29 is 14.6 Å². The van der Waals surface area contributed by atoms with Crippen molar-refractivity contribution in [2.75, 3.05) is 20.3 Å². The van der Waals surface area contributed by atoms with Gasteiger partial charge in [-0.15, -0.1) is 0 Å². The Bertz CT molecular complexity index is 528. The minimum atomic E-state index is -0.423. The third kappa shape index (κ3) is 6.20. The van der Waals surface area contributed by atoms with E-state index in [0.29, 0.717) is 6.61 Å². The Kier molecular flexibility index (Phi) is 7.47. The molecule has 2 rings (SSSR count). The summed E-state index contributed by atoms with van der Waals surface area (Å²) < 4.78 is 12.0. The maximum absolute atomic E-state index is 10.0. The Labute approximate surface area is 138 Å². The summed E-state index contributed by atoms with van der Waals surface area (Å²) in [5.74, 6) is 0.799. The molecule has 0 aliphatic carbocycles. The van der Waals surface area contributed by atoms with E-state index in [1.807, 2.05) is 42.5 Å². The molecule has 0 aliphatic heterocycles. The average Bonchev–Trinajstić information content (AvgIpc) is 2.58. The number of methoxy groups -OCH3 is 1. The molecule has 2 aromatic carbocycles. The molecule has 0 spiro atoms. The zero-order chi connectivity index (χ0) is 15.6. The van der Waals surface area contributed by atoms with Crippen molar-refractivity contribution in [3.8, 4) is 5.75 Å². The van der Waals surface area contributed by atoms with Crippen molar-refractivity contribution in [3.63, 3.8) is 0 Å². The van der Waals surface area contributed by atoms with Crippen LogP contribution in [0.25, 0.3) is 0 Å². The van der Waals surface area contributed by atoms with E-state index in [9.17, 15) is 5.11 Å². The topological polar surface area (TPSA) is 38.7 Å². The SMILES string of the molecule is COCCc1ccc(OCC(O)C[Se]c2ccccc2)cc1. The Hall–Kier alpha value is -1.32. The number of aliphatic hydroxyl groups is 1. The Morgan fingerprint density at radius 3 is 2.45 bits per heavy atom. The Balaban J connectivity index is 1.70. The van der Waals surface area contributed by atoms with Gasteiger partial charge in [0.15, 0.2) is 0 Å². The van der Waals surface area contributed by atoms with Gasteiger partial charge in [0, 0.05) is 0 Å². The third-order valence-corrected chi connectivity index (χ3v) is 5.57. The standard InChI is InChI=1S/C18H22O3Se/c1-20-12-11-15-7-9-17(10-8-15)21-13-16(19)14-22-18-5-3-2-4-6-18/h2-10,16,19H,11-14H2,1H3. The van der Waals surface area contributed by atoms with Crippen molar-refractivity contribution in [2.24, 2.45) is 0 Å². The van der Waals surface area contributed by atoms with Crippen LogP contribution in [0.15, 0.2) is 54.6 Å². The van der Waals surface area contributed by atoms with Gasteiger partial charge >= 0.3 is 138 Å². The molecule has 4 heteroatoms. The number of benzene rings is 2. The monoisotopic (exact) mass is 366 g/mol. The van der Waals surface area contributed by atoms with Crippen LogP contribution in [-0.2, 0) is 11.2 Å². The van der Waals surface area contributed by atoms with Crippen LogP contribution in [0.5, 0.6) is 5.75 Å². The van der Waals surface area contributed by atoms with Gasteiger partial charge in [-0.05, 0) is 0 Å². The van der Waals surface area contributed by atoms with E-state index in [1.54, 1.807) is 7.11 Å². The number of rotatable bonds is 9. The molecule has 1 atom stereocenters. The number of ether oxygens (including phenoxy) is 2. The van der Waals surface area contributed by atoms with Gasteiger partial charge in [-0.2, -0.15) is 0 Å². The second kappa shape index (κ2) is 9.65. The number of hydrogen-bond donors (Lipinski definition) is 1. The second-order valence-electron chi connectivity index (χ2n) is 4.98. The van der Waals surface area contributed by atoms with E-state index in [0.717, 1.165) is 24.1 Å². The van der Waals surface area contributed by atoms with Crippen LogP contribution in [0.2, 0.25) is 5.32 Å². The van der Waals surface area contributed by atoms with Crippen LogP contribution in [-0.4, -0.2) is 46.5 Å². The van der Waals surface area contributed by atoms with Crippen molar-refractivity contribution in [3.05, 3.63) is 60.2 Å². The minimum absolute atomic E-state index is 0.286. The van der Waals surface area contributed by atoms with Crippen LogP contribution >= 0.6 is 0 Å². The molecule has 1 unspecified atom stereocenters. The summed E-state index contributed by atoms with van der Waals surface area (Å²) in [5, 5.41) is 10.8. The number of aliphatic hydroxyl groups excluding tert-OH is 1. The first kappa shape index (κ1) is 17.0. The molecule has 0 bridgehead atoms. The quantitative estimate of drug-likeness (QED) is 0.692. The van der Waals surface area contributed by atoms with E-state index in [2.05, 4.69) is 12.1 Å². The van der Waals surface area contributed by atoms with E-state index in [4.69, 9.17) is 9.47 Å². The molecular formula is C18H22O3Se. The molecule has 0 saturated carbocycles. The van der Waals surface area contributed by atoms with Crippen molar-refractivity contribution in [1.29, 1.82) is 0 Å². The summed E-state index contributed by atoms with van der Waals surface area (Å²) >= 11 is 0.286. The molecule has 0 amide bonds. The van der Waals surface area contributed by atoms with Gasteiger partial charge in [0.2, 0.25) is 0 Å². The van der Waals surface area contributed by atoms with Crippen molar-refractivity contribution >= 4 is 19.4 Å². The molecule has 0 saturated heterocycles. The zero-order valence-corrected chi connectivity index (χ0v) is 14.5. The van der Waals surface area contributed by atoms with Crippen LogP contribution < -0.4 is 9.20 Å². The summed E-state index contributed by atoms with van der Waals surface area (Å²) in [6.07, 6.45) is 0.479. The molecule has 0 aromatic heterocycles. The predicted octanol–water partition coefficient (Wildman–Crippen LogP) is 2.06. The molecule has 0 aliphatic rings. The first-order valence-electron chi connectivity index (χ1n) is 7.34. The molecule has 0 fully saturated rings. The summed E-state index contributed by atoms with van der Waals surface area (Å²) in [4.78, 5) is 0. The summed E-state index contributed by atoms with van der Waals surface area (Å²) in [6, 6.07) is 18.2. The molecule has 0 heterocycles. The van der Waals surface area contributed by atoms with Gasteiger partial charge in [-0.3, -0.25) is 0 Å². The van der Waals surface area contributed by atoms with E-state index >= 15 is 0 Å². The summed E-state index contributed by atoms with van der Waals surface area (Å²) in [6.45, 7) is 1.06. The zero-order valence-electron chi connectivity index (χ0n) is 12.8. The van der Waals surface area contributed by atoms with Gasteiger partial charge < -0.3 is 0 Å². The normalized spacial score (nSPS) is 12.1.